The number of rotatable bonds is 5. The second-order valence-electron chi connectivity index (χ2n) is 5.81. The van der Waals surface area contributed by atoms with E-state index in [0.717, 1.165) is 45.6 Å². The van der Waals surface area contributed by atoms with Crippen molar-refractivity contribution in [2.45, 2.75) is 26.7 Å². The zero-order valence-corrected chi connectivity index (χ0v) is 15.7. The lowest BCUT2D eigenvalue weighted by Gasteiger charge is -2.34. The lowest BCUT2D eigenvalue weighted by atomic mass is 9.95. The van der Waals surface area contributed by atoms with E-state index < -0.39 is 0 Å². The molecular formula is C17H29Cl2N3O. The molecule has 1 heterocycles. The third kappa shape index (κ3) is 5.87. The van der Waals surface area contributed by atoms with Crippen molar-refractivity contribution >= 4 is 36.4 Å². The number of nitrogens with two attached hydrogens (primary N) is 1. The first kappa shape index (κ1) is 22.0. The smallest absolute Gasteiger partial charge is 0.255 e. The fourth-order valence-corrected chi connectivity index (χ4v) is 3.03. The normalized spacial score (nSPS) is 15.0. The Bertz CT molecular complexity index is 473. The van der Waals surface area contributed by atoms with Crippen molar-refractivity contribution in [1.29, 1.82) is 0 Å². The van der Waals surface area contributed by atoms with Crippen LogP contribution in [0.25, 0.3) is 0 Å². The summed E-state index contributed by atoms with van der Waals surface area (Å²) in [6, 6.07) is 7.35. The average Bonchev–Trinajstić information content (AvgIpc) is 2.53. The molecule has 1 fully saturated rings. The summed E-state index contributed by atoms with van der Waals surface area (Å²) in [4.78, 5) is 16.9. The number of benzene rings is 1. The first-order chi connectivity index (χ1) is 10.2. The Morgan fingerprint density at radius 1 is 1.17 bits per heavy atom. The van der Waals surface area contributed by atoms with E-state index >= 15 is 0 Å². The van der Waals surface area contributed by atoms with Gasteiger partial charge in [-0.1, -0.05) is 26.0 Å². The molecule has 4 nitrogen and oxygen atoms in total. The number of para-hydroxylation sites is 1. The van der Waals surface area contributed by atoms with Crippen LogP contribution in [0.3, 0.4) is 0 Å². The number of carbonyl (C=O) groups is 1. The van der Waals surface area contributed by atoms with Crippen molar-refractivity contribution in [3.05, 3.63) is 29.8 Å². The van der Waals surface area contributed by atoms with Gasteiger partial charge < -0.3 is 15.5 Å². The molecule has 0 aliphatic carbocycles. The predicted octanol–water partition coefficient (Wildman–Crippen LogP) is 3.31. The van der Waals surface area contributed by atoms with E-state index in [0.29, 0.717) is 17.2 Å². The maximum Gasteiger partial charge on any atom is 0.255 e. The van der Waals surface area contributed by atoms with Crippen LogP contribution in [-0.4, -0.2) is 48.4 Å². The fraction of sp³-hybridized carbons (Fsp3) is 0.588. The first-order valence-corrected chi connectivity index (χ1v) is 8.01. The summed E-state index contributed by atoms with van der Waals surface area (Å²) in [6.07, 6.45) is 2.18. The van der Waals surface area contributed by atoms with Gasteiger partial charge in [0.15, 0.2) is 0 Å². The van der Waals surface area contributed by atoms with Crippen LogP contribution in [0.2, 0.25) is 0 Å². The van der Waals surface area contributed by atoms with Gasteiger partial charge in [0.05, 0.1) is 5.56 Å². The quantitative estimate of drug-likeness (QED) is 0.818. The molecule has 2 rings (SSSR count). The molecule has 0 saturated carbocycles. The molecule has 0 radical (unpaired) electrons. The monoisotopic (exact) mass is 361 g/mol. The van der Waals surface area contributed by atoms with E-state index in [9.17, 15) is 4.79 Å². The Balaban J connectivity index is 0.00000242. The summed E-state index contributed by atoms with van der Waals surface area (Å²) in [6.45, 7) is 9.48. The number of likely N-dealkylation sites (tertiary alicyclic amines) is 1. The minimum atomic E-state index is 0. The number of piperidine rings is 1. The van der Waals surface area contributed by atoms with Crippen molar-refractivity contribution in [2.24, 2.45) is 5.92 Å². The number of hydrogen-bond acceptors (Lipinski definition) is 3. The van der Waals surface area contributed by atoms with E-state index in [4.69, 9.17) is 5.73 Å². The molecule has 132 valence electrons. The van der Waals surface area contributed by atoms with Crippen LogP contribution in [0.4, 0.5) is 5.69 Å². The Morgan fingerprint density at radius 3 is 2.26 bits per heavy atom. The van der Waals surface area contributed by atoms with Gasteiger partial charge in [-0.15, -0.1) is 24.8 Å². The summed E-state index contributed by atoms with van der Waals surface area (Å²) in [5, 5.41) is 0. The molecule has 2 N–H and O–H groups in total. The minimum absolute atomic E-state index is 0. The van der Waals surface area contributed by atoms with E-state index in [1.807, 2.05) is 23.1 Å². The molecule has 6 heteroatoms. The molecule has 0 bridgehead atoms. The summed E-state index contributed by atoms with van der Waals surface area (Å²) >= 11 is 0. The minimum Gasteiger partial charge on any atom is -0.398 e. The van der Waals surface area contributed by atoms with Crippen LogP contribution in [0.15, 0.2) is 24.3 Å². The molecule has 1 aliphatic heterocycles. The van der Waals surface area contributed by atoms with E-state index in [1.165, 1.54) is 0 Å². The van der Waals surface area contributed by atoms with Crippen LogP contribution in [0, 0.1) is 5.92 Å². The zero-order chi connectivity index (χ0) is 15.2. The highest BCUT2D eigenvalue weighted by molar-refractivity contribution is 5.99. The molecule has 1 saturated heterocycles. The van der Waals surface area contributed by atoms with Crippen molar-refractivity contribution < 1.29 is 4.79 Å². The van der Waals surface area contributed by atoms with Crippen molar-refractivity contribution in [3.63, 3.8) is 0 Å². The molecule has 23 heavy (non-hydrogen) atoms. The Morgan fingerprint density at radius 2 is 1.74 bits per heavy atom. The molecule has 0 aromatic heterocycles. The van der Waals surface area contributed by atoms with Crippen LogP contribution in [0.1, 0.15) is 37.0 Å². The summed E-state index contributed by atoms with van der Waals surface area (Å²) < 4.78 is 0. The molecule has 0 spiro atoms. The highest BCUT2D eigenvalue weighted by atomic mass is 35.5. The highest BCUT2D eigenvalue weighted by Gasteiger charge is 2.25. The van der Waals surface area contributed by atoms with Crippen LogP contribution < -0.4 is 5.73 Å². The van der Waals surface area contributed by atoms with Gasteiger partial charge in [-0.25, -0.2) is 0 Å². The Hall–Kier alpha value is -0.970. The first-order valence-electron chi connectivity index (χ1n) is 8.01. The van der Waals surface area contributed by atoms with E-state index in [2.05, 4.69) is 18.7 Å². The maximum atomic E-state index is 12.5. The summed E-state index contributed by atoms with van der Waals surface area (Å²) in [5.74, 6) is 0.788. The second-order valence-corrected chi connectivity index (χ2v) is 5.81. The van der Waals surface area contributed by atoms with Crippen LogP contribution in [0.5, 0.6) is 0 Å². The van der Waals surface area contributed by atoms with Gasteiger partial charge in [0.2, 0.25) is 0 Å². The van der Waals surface area contributed by atoms with Crippen LogP contribution in [-0.2, 0) is 0 Å². The van der Waals surface area contributed by atoms with Crippen molar-refractivity contribution in [1.82, 2.24) is 9.80 Å². The number of anilines is 1. The zero-order valence-electron chi connectivity index (χ0n) is 14.0. The van der Waals surface area contributed by atoms with Crippen LogP contribution >= 0.6 is 24.8 Å². The SMILES string of the molecule is CCN(CC)CC1CCN(C(=O)c2ccccc2N)CC1.Cl.Cl. The molecule has 0 atom stereocenters. The Labute approximate surface area is 152 Å². The maximum absolute atomic E-state index is 12.5. The number of hydrogen-bond donors (Lipinski definition) is 1. The Kier molecular flexibility index (Phi) is 10.3. The second kappa shape index (κ2) is 10.7. The number of carbonyl (C=O) groups excluding carboxylic acids is 1. The fourth-order valence-electron chi connectivity index (χ4n) is 3.03. The molecule has 1 aliphatic rings. The average molecular weight is 362 g/mol. The van der Waals surface area contributed by atoms with Crippen molar-refractivity contribution in [3.8, 4) is 0 Å². The third-order valence-corrected chi connectivity index (χ3v) is 4.50. The van der Waals surface area contributed by atoms with Gasteiger partial charge in [-0.3, -0.25) is 4.79 Å². The van der Waals surface area contributed by atoms with Gasteiger partial charge in [0, 0.05) is 25.3 Å². The lowest BCUT2D eigenvalue weighted by molar-refractivity contribution is 0.0670. The van der Waals surface area contributed by atoms with Gasteiger partial charge in [0.25, 0.3) is 5.91 Å². The van der Waals surface area contributed by atoms with E-state index in [1.54, 1.807) is 6.07 Å². The molecule has 1 aromatic rings. The molecule has 0 unspecified atom stereocenters. The number of amides is 1. The van der Waals surface area contributed by atoms with Gasteiger partial charge in [0.1, 0.15) is 0 Å². The van der Waals surface area contributed by atoms with Gasteiger partial charge in [-0.2, -0.15) is 0 Å². The van der Waals surface area contributed by atoms with Gasteiger partial charge >= 0.3 is 0 Å². The third-order valence-electron chi connectivity index (χ3n) is 4.50. The summed E-state index contributed by atoms with van der Waals surface area (Å²) in [5.41, 5.74) is 7.12. The molecular weight excluding hydrogens is 333 g/mol. The summed E-state index contributed by atoms with van der Waals surface area (Å²) in [7, 11) is 0. The molecule has 1 amide bonds. The highest BCUT2D eigenvalue weighted by Crippen LogP contribution is 2.21. The number of nitrogens with zero attached hydrogens (tertiary/aromatic N) is 2. The largest absolute Gasteiger partial charge is 0.398 e. The van der Waals surface area contributed by atoms with Gasteiger partial charge in [-0.05, 0) is 44.0 Å². The number of halogens is 2. The van der Waals surface area contributed by atoms with E-state index in [-0.39, 0.29) is 30.7 Å². The van der Waals surface area contributed by atoms with Crippen molar-refractivity contribution in [2.75, 3.05) is 38.5 Å². The predicted molar refractivity (Wildman–Crippen MR) is 102 cm³/mol. The lowest BCUT2D eigenvalue weighted by Crippen LogP contribution is -2.41. The standard InChI is InChI=1S/C17H27N3O.2ClH/c1-3-19(4-2)13-14-9-11-20(12-10-14)17(21)15-7-5-6-8-16(15)18;;/h5-8,14H,3-4,9-13,18H2,1-2H3;2*1H. The molecule has 1 aromatic carbocycles. The number of nitrogen functional groups attached to an aromatic ring is 1. The topological polar surface area (TPSA) is 49.6 Å².